The Morgan fingerprint density at radius 3 is 0.880 bits per heavy atom. The molecule has 0 aliphatic heterocycles. The van der Waals surface area contributed by atoms with Gasteiger partial charge in [0.05, 0.1) is 0 Å². The fourth-order valence-corrected chi connectivity index (χ4v) is 9.11. The van der Waals surface area contributed by atoms with Gasteiger partial charge in [-0.2, -0.15) is 0 Å². The average molecular weight is 1050 g/mol. The van der Waals surface area contributed by atoms with Gasteiger partial charge in [-0.3, -0.25) is 14.4 Å². The summed E-state index contributed by atoms with van der Waals surface area (Å²) in [5, 5.41) is 0. The van der Waals surface area contributed by atoms with E-state index in [0.717, 1.165) is 89.9 Å². The minimum atomic E-state index is -0.820. The van der Waals surface area contributed by atoms with Gasteiger partial charge in [0, 0.05) is 19.3 Å². The lowest BCUT2D eigenvalue weighted by molar-refractivity contribution is -0.166. The highest BCUT2D eigenvalue weighted by atomic mass is 16.6. The molecular weight excluding hydrogens is 925 g/mol. The summed E-state index contributed by atoms with van der Waals surface area (Å²) in [5.41, 5.74) is 0. The van der Waals surface area contributed by atoms with Gasteiger partial charge in [-0.25, -0.2) is 0 Å². The summed E-state index contributed by atoms with van der Waals surface area (Å²) in [6.45, 7) is 6.48. The Kier molecular flexibility index (Phi) is 60.3. The van der Waals surface area contributed by atoms with Crippen molar-refractivity contribution in [3.05, 3.63) is 85.1 Å². The first kappa shape index (κ1) is 71.6. The molecule has 0 spiro atoms. The van der Waals surface area contributed by atoms with E-state index in [1.165, 1.54) is 180 Å². The van der Waals surface area contributed by atoms with E-state index in [0.29, 0.717) is 19.3 Å². The number of rotatable bonds is 58. The van der Waals surface area contributed by atoms with Crippen molar-refractivity contribution in [1.82, 2.24) is 0 Å². The van der Waals surface area contributed by atoms with Crippen LogP contribution in [-0.4, -0.2) is 37.2 Å². The fourth-order valence-electron chi connectivity index (χ4n) is 9.11. The molecule has 0 rings (SSSR count). The molecule has 432 valence electrons. The van der Waals surface area contributed by atoms with Crippen LogP contribution >= 0.6 is 0 Å². The maximum atomic E-state index is 12.9. The Morgan fingerprint density at radius 1 is 0.280 bits per heavy atom. The van der Waals surface area contributed by atoms with Crippen molar-refractivity contribution in [1.29, 1.82) is 0 Å². The third-order valence-corrected chi connectivity index (χ3v) is 13.9. The van der Waals surface area contributed by atoms with Gasteiger partial charge >= 0.3 is 17.9 Å². The van der Waals surface area contributed by atoms with Crippen LogP contribution in [0, 0.1) is 0 Å². The minimum absolute atomic E-state index is 0.107. The molecular formula is C69H120O6. The van der Waals surface area contributed by atoms with Gasteiger partial charge in [-0.05, 0) is 83.5 Å². The third kappa shape index (κ3) is 61.3. The molecule has 6 heteroatoms. The van der Waals surface area contributed by atoms with Crippen molar-refractivity contribution in [3.8, 4) is 0 Å². The Labute approximate surface area is 465 Å². The van der Waals surface area contributed by atoms with E-state index < -0.39 is 12.1 Å². The molecule has 0 aliphatic carbocycles. The lowest BCUT2D eigenvalue weighted by atomic mass is 10.0. The number of ether oxygens (including phenoxy) is 3. The Hall–Kier alpha value is -3.41. The molecule has 75 heavy (non-hydrogen) atoms. The van der Waals surface area contributed by atoms with Gasteiger partial charge in [0.25, 0.3) is 0 Å². The number of hydrogen-bond acceptors (Lipinski definition) is 6. The highest BCUT2D eigenvalue weighted by Gasteiger charge is 2.19. The zero-order chi connectivity index (χ0) is 54.3. The van der Waals surface area contributed by atoms with Crippen molar-refractivity contribution in [2.45, 2.75) is 322 Å². The van der Waals surface area contributed by atoms with Crippen LogP contribution in [0.3, 0.4) is 0 Å². The molecule has 0 aromatic heterocycles. The summed E-state index contributed by atoms with van der Waals surface area (Å²) in [7, 11) is 0. The SMILES string of the molecule is CC/C=C\C/C=C\C/C=C\C/C=C\C/C=C\C/C=C\CCC(=O)OC(COC(=O)CCCCCCC/C=C\CCCCCC)COC(=O)CCCCCCCCCCCCCCCCCCCCCCCCCCC. The Balaban J connectivity index is 4.36. The number of unbranched alkanes of at least 4 members (excludes halogenated alkanes) is 33. The summed E-state index contributed by atoms with van der Waals surface area (Å²) in [6, 6.07) is 0. The van der Waals surface area contributed by atoms with E-state index in [4.69, 9.17) is 14.2 Å². The van der Waals surface area contributed by atoms with E-state index in [1.54, 1.807) is 0 Å². The molecule has 1 unspecified atom stereocenters. The molecule has 0 aromatic rings. The first-order valence-electron chi connectivity index (χ1n) is 32.1. The van der Waals surface area contributed by atoms with E-state index in [2.05, 4.69) is 99.8 Å². The maximum absolute atomic E-state index is 12.9. The van der Waals surface area contributed by atoms with E-state index in [-0.39, 0.29) is 31.6 Å². The van der Waals surface area contributed by atoms with E-state index in [9.17, 15) is 14.4 Å². The smallest absolute Gasteiger partial charge is 0.306 e. The average Bonchev–Trinajstić information content (AvgIpc) is 3.41. The number of allylic oxidation sites excluding steroid dienone is 14. The first-order valence-corrected chi connectivity index (χ1v) is 32.1. The molecule has 6 nitrogen and oxygen atoms in total. The second kappa shape index (κ2) is 63.1. The number of hydrogen-bond donors (Lipinski definition) is 0. The second-order valence-corrected chi connectivity index (χ2v) is 21.3. The first-order chi connectivity index (χ1) is 37.0. The highest BCUT2D eigenvalue weighted by molar-refractivity contribution is 5.71. The molecule has 0 heterocycles. The minimum Gasteiger partial charge on any atom is -0.462 e. The number of carbonyl (C=O) groups excluding carboxylic acids is 3. The predicted octanol–water partition coefficient (Wildman–Crippen LogP) is 21.9. The summed E-state index contributed by atoms with van der Waals surface area (Å²) >= 11 is 0. The number of carbonyl (C=O) groups is 3. The summed E-state index contributed by atoms with van der Waals surface area (Å²) in [6.07, 6.45) is 83.3. The lowest BCUT2D eigenvalue weighted by Crippen LogP contribution is -2.30. The fraction of sp³-hybridized carbons (Fsp3) is 0.754. The van der Waals surface area contributed by atoms with Crippen LogP contribution in [0.25, 0.3) is 0 Å². The molecule has 0 N–H and O–H groups in total. The Morgan fingerprint density at radius 2 is 0.547 bits per heavy atom. The van der Waals surface area contributed by atoms with Crippen LogP contribution in [0.2, 0.25) is 0 Å². The van der Waals surface area contributed by atoms with Crippen LogP contribution in [0.15, 0.2) is 85.1 Å². The van der Waals surface area contributed by atoms with Crippen molar-refractivity contribution in [2.75, 3.05) is 13.2 Å². The number of esters is 3. The van der Waals surface area contributed by atoms with Crippen LogP contribution in [0.4, 0.5) is 0 Å². The molecule has 0 aliphatic rings. The van der Waals surface area contributed by atoms with Gasteiger partial charge in [0.2, 0.25) is 0 Å². The summed E-state index contributed by atoms with van der Waals surface area (Å²) < 4.78 is 16.8. The van der Waals surface area contributed by atoms with E-state index >= 15 is 0 Å². The molecule has 1 atom stereocenters. The van der Waals surface area contributed by atoms with Gasteiger partial charge in [-0.15, -0.1) is 0 Å². The van der Waals surface area contributed by atoms with Gasteiger partial charge < -0.3 is 14.2 Å². The van der Waals surface area contributed by atoms with Gasteiger partial charge in [-0.1, -0.05) is 298 Å². The van der Waals surface area contributed by atoms with Crippen LogP contribution in [0.1, 0.15) is 316 Å². The standard InChI is InChI=1S/C69H120O6/c1-4-7-10-13-16-19-22-25-27-29-31-32-33-34-35-36-38-39-41-44-47-50-53-56-59-62-68(71)74-65-66(64-73-67(70)61-58-55-52-49-46-43-24-21-18-15-12-9-6-3)75-69(72)63-60-57-54-51-48-45-42-40-37-30-28-26-23-20-17-14-11-8-5-2/h8,11,17,20-21,24,26,28,37,40,45,48,54,57,66H,4-7,9-10,12-16,18-19,22-23,25,27,29-36,38-39,41-44,46-47,49-53,55-56,58-65H2,1-3H3/b11-8-,20-17-,24-21-,28-26-,40-37-,48-45-,57-54-. The zero-order valence-electron chi connectivity index (χ0n) is 49.6. The zero-order valence-corrected chi connectivity index (χ0v) is 49.6. The molecule has 0 saturated carbocycles. The van der Waals surface area contributed by atoms with Gasteiger partial charge in [0.15, 0.2) is 6.10 Å². The van der Waals surface area contributed by atoms with Crippen LogP contribution in [0.5, 0.6) is 0 Å². The molecule has 0 bridgehead atoms. The maximum Gasteiger partial charge on any atom is 0.306 e. The molecule has 0 aromatic carbocycles. The lowest BCUT2D eigenvalue weighted by Gasteiger charge is -2.18. The van der Waals surface area contributed by atoms with Crippen molar-refractivity contribution in [2.24, 2.45) is 0 Å². The van der Waals surface area contributed by atoms with Crippen molar-refractivity contribution >= 4 is 17.9 Å². The van der Waals surface area contributed by atoms with Crippen LogP contribution < -0.4 is 0 Å². The third-order valence-electron chi connectivity index (χ3n) is 13.9. The molecule has 0 fully saturated rings. The van der Waals surface area contributed by atoms with Crippen molar-refractivity contribution < 1.29 is 28.6 Å². The normalized spacial score (nSPS) is 12.6. The Bertz CT molecular complexity index is 1430. The summed E-state index contributed by atoms with van der Waals surface area (Å²) in [5.74, 6) is -0.989. The van der Waals surface area contributed by atoms with Gasteiger partial charge in [0.1, 0.15) is 13.2 Å². The molecule has 0 saturated heterocycles. The topological polar surface area (TPSA) is 78.9 Å². The monoisotopic (exact) mass is 1040 g/mol. The predicted molar refractivity (Wildman–Crippen MR) is 325 cm³/mol. The quantitative estimate of drug-likeness (QED) is 0.0261. The van der Waals surface area contributed by atoms with E-state index in [1.807, 2.05) is 6.08 Å². The molecule has 0 radical (unpaired) electrons. The van der Waals surface area contributed by atoms with Crippen molar-refractivity contribution in [3.63, 3.8) is 0 Å². The van der Waals surface area contributed by atoms with Crippen LogP contribution in [-0.2, 0) is 28.6 Å². The largest absolute Gasteiger partial charge is 0.462 e. The second-order valence-electron chi connectivity index (χ2n) is 21.3. The summed E-state index contributed by atoms with van der Waals surface area (Å²) in [4.78, 5) is 38.2. The highest BCUT2D eigenvalue weighted by Crippen LogP contribution is 2.17. The molecule has 0 amide bonds.